The number of rotatable bonds is 8. The maximum atomic E-state index is 13.2. The summed E-state index contributed by atoms with van der Waals surface area (Å²) < 4.78 is 24.9. The van der Waals surface area contributed by atoms with Gasteiger partial charge in [-0.25, -0.2) is 0 Å². The summed E-state index contributed by atoms with van der Waals surface area (Å²) in [5, 5.41) is 8.97. The van der Waals surface area contributed by atoms with Crippen LogP contribution in [-0.4, -0.2) is 57.6 Å². The summed E-state index contributed by atoms with van der Waals surface area (Å²) in [5.74, 6) is 3.12. The quantitative estimate of drug-likeness (QED) is 0.241. The molecule has 0 spiro atoms. The zero-order chi connectivity index (χ0) is 31.9. The van der Waals surface area contributed by atoms with E-state index in [1.165, 1.54) is 31.7 Å². The Labute approximate surface area is 268 Å². The van der Waals surface area contributed by atoms with Gasteiger partial charge in [0.1, 0.15) is 0 Å². The number of benzene rings is 3. The number of ether oxygens (including phenoxy) is 4. The van der Waals surface area contributed by atoms with E-state index in [1.54, 1.807) is 64.9 Å². The second-order valence-corrected chi connectivity index (χ2v) is 11.9. The molecule has 14 heteroatoms. The molecule has 7 aromatic rings. The Balaban J connectivity index is 1.19. The van der Waals surface area contributed by atoms with E-state index in [0.717, 1.165) is 11.1 Å². The van der Waals surface area contributed by atoms with Crippen LogP contribution in [0.25, 0.3) is 44.8 Å². The van der Waals surface area contributed by atoms with Crippen molar-refractivity contribution in [3.05, 3.63) is 102 Å². The third kappa shape index (κ3) is 5.12. The summed E-state index contributed by atoms with van der Waals surface area (Å²) in [6.45, 7) is 0. The molecule has 0 aliphatic rings. The van der Waals surface area contributed by atoms with Crippen molar-refractivity contribution in [1.29, 1.82) is 0 Å². The van der Waals surface area contributed by atoms with E-state index in [0.29, 0.717) is 64.8 Å². The lowest BCUT2D eigenvalue weighted by Gasteiger charge is -2.07. The minimum atomic E-state index is -0.274. The van der Waals surface area contributed by atoms with Gasteiger partial charge in [0, 0.05) is 11.1 Å². The lowest BCUT2D eigenvalue weighted by atomic mass is 10.1. The maximum Gasteiger partial charge on any atom is 0.291 e. The van der Waals surface area contributed by atoms with Crippen LogP contribution in [0, 0.1) is 0 Å². The number of nitrogens with zero attached hydrogens (tertiary/aromatic N) is 6. The Morgan fingerprint density at radius 1 is 0.587 bits per heavy atom. The molecular formula is C32H24N6O6S2. The van der Waals surface area contributed by atoms with E-state index in [9.17, 15) is 9.59 Å². The van der Waals surface area contributed by atoms with Crippen molar-refractivity contribution in [3.8, 4) is 45.8 Å². The molecule has 12 nitrogen and oxygen atoms in total. The minimum absolute atomic E-state index is 0.274. The van der Waals surface area contributed by atoms with Gasteiger partial charge >= 0.3 is 0 Å². The second kappa shape index (κ2) is 11.7. The molecule has 0 atom stereocenters. The summed E-state index contributed by atoms with van der Waals surface area (Å²) in [5.41, 5.74) is 2.38. The van der Waals surface area contributed by atoms with Gasteiger partial charge in [-0.1, -0.05) is 53.0 Å². The van der Waals surface area contributed by atoms with Crippen molar-refractivity contribution in [2.75, 3.05) is 28.4 Å². The molecule has 0 fully saturated rings. The molecule has 0 amide bonds. The van der Waals surface area contributed by atoms with Crippen LogP contribution in [0.1, 0.15) is 11.1 Å². The molecule has 0 saturated carbocycles. The fourth-order valence-corrected chi connectivity index (χ4v) is 6.71. The molecule has 46 heavy (non-hydrogen) atoms. The van der Waals surface area contributed by atoms with Crippen molar-refractivity contribution in [2.45, 2.75) is 0 Å². The topological polar surface area (TPSA) is 131 Å². The van der Waals surface area contributed by atoms with Crippen molar-refractivity contribution in [1.82, 2.24) is 29.2 Å². The van der Waals surface area contributed by atoms with E-state index in [4.69, 9.17) is 18.9 Å². The highest BCUT2D eigenvalue weighted by molar-refractivity contribution is 7.15. The van der Waals surface area contributed by atoms with Crippen molar-refractivity contribution >= 4 is 44.7 Å². The first-order valence-electron chi connectivity index (χ1n) is 13.8. The van der Waals surface area contributed by atoms with E-state index < -0.39 is 0 Å². The van der Waals surface area contributed by atoms with Crippen LogP contribution in [-0.2, 0) is 0 Å². The predicted octanol–water partition coefficient (Wildman–Crippen LogP) is 3.08. The lowest BCUT2D eigenvalue weighted by Crippen LogP contribution is -2.23. The third-order valence-corrected chi connectivity index (χ3v) is 9.07. The minimum Gasteiger partial charge on any atom is -0.493 e. The van der Waals surface area contributed by atoms with Gasteiger partial charge in [-0.05, 0) is 53.6 Å². The van der Waals surface area contributed by atoms with Crippen LogP contribution in [0.3, 0.4) is 0 Å². The zero-order valence-corrected chi connectivity index (χ0v) is 26.5. The van der Waals surface area contributed by atoms with E-state index in [-0.39, 0.29) is 11.1 Å². The van der Waals surface area contributed by atoms with Crippen molar-refractivity contribution in [2.24, 2.45) is 0 Å². The molecule has 230 valence electrons. The Hall–Kier alpha value is -5.60. The number of aromatic nitrogens is 6. The molecule has 0 unspecified atom stereocenters. The highest BCUT2D eigenvalue weighted by atomic mass is 32.1. The van der Waals surface area contributed by atoms with Gasteiger partial charge in [-0.2, -0.15) is 19.0 Å². The Kier molecular flexibility index (Phi) is 7.42. The van der Waals surface area contributed by atoms with Gasteiger partial charge in [-0.15, -0.1) is 10.2 Å². The largest absolute Gasteiger partial charge is 0.493 e. The second-order valence-electron chi connectivity index (χ2n) is 9.90. The smallest absolute Gasteiger partial charge is 0.291 e. The maximum absolute atomic E-state index is 13.2. The monoisotopic (exact) mass is 652 g/mol. The van der Waals surface area contributed by atoms with E-state index in [1.807, 2.05) is 36.4 Å². The molecule has 0 bridgehead atoms. The Bertz CT molecular complexity index is 2330. The predicted molar refractivity (Wildman–Crippen MR) is 175 cm³/mol. The van der Waals surface area contributed by atoms with E-state index in [2.05, 4.69) is 20.2 Å². The molecule has 7 rings (SSSR count). The Morgan fingerprint density at radius 2 is 1.02 bits per heavy atom. The van der Waals surface area contributed by atoms with E-state index >= 15 is 0 Å². The number of hydrogen-bond donors (Lipinski definition) is 0. The van der Waals surface area contributed by atoms with Crippen LogP contribution < -0.4 is 39.1 Å². The third-order valence-electron chi connectivity index (χ3n) is 7.15. The van der Waals surface area contributed by atoms with Gasteiger partial charge in [0.25, 0.3) is 11.1 Å². The highest BCUT2D eigenvalue weighted by Crippen LogP contribution is 2.29. The summed E-state index contributed by atoms with van der Waals surface area (Å²) >= 11 is 2.48. The van der Waals surface area contributed by atoms with Crippen LogP contribution in [0.5, 0.6) is 23.0 Å². The fraction of sp³-hybridized carbons (Fsp3) is 0.125. The summed E-state index contributed by atoms with van der Waals surface area (Å²) in [6, 6.07) is 18.2. The zero-order valence-electron chi connectivity index (χ0n) is 24.9. The standard InChI is InChI=1S/C32H24N6O6S2/c1-41-21-10-8-17(12-23(21)43-3)14-25-29(39)37-31(45-25)33-27(35-37)19-6-5-7-20(16-19)28-34-32-38(36-28)30(40)26(46-32)15-18-9-11-22(42-2)24(13-18)44-4/h5-16H,1-4H3/b25-14+,26-15+. The number of hydrogen-bond acceptors (Lipinski definition) is 12. The molecule has 0 radical (unpaired) electrons. The van der Waals surface area contributed by atoms with Gasteiger partial charge in [0.15, 0.2) is 34.6 Å². The van der Waals surface area contributed by atoms with Gasteiger partial charge in [0.2, 0.25) is 9.92 Å². The van der Waals surface area contributed by atoms with Crippen LogP contribution in [0.15, 0.2) is 70.3 Å². The lowest BCUT2D eigenvalue weighted by molar-refractivity contribution is 0.355. The normalized spacial score (nSPS) is 12.3. The molecule has 0 aliphatic heterocycles. The number of fused-ring (bicyclic) bond motifs is 2. The average Bonchev–Trinajstić information content (AvgIpc) is 3.83. The molecule has 4 aromatic heterocycles. The molecule has 0 N–H and O–H groups in total. The first kappa shape index (κ1) is 29.1. The van der Waals surface area contributed by atoms with Crippen LogP contribution in [0.4, 0.5) is 0 Å². The van der Waals surface area contributed by atoms with Gasteiger partial charge < -0.3 is 18.9 Å². The average molecular weight is 653 g/mol. The van der Waals surface area contributed by atoms with Crippen LogP contribution >= 0.6 is 22.7 Å². The summed E-state index contributed by atoms with van der Waals surface area (Å²) in [4.78, 5) is 36.5. The number of methoxy groups -OCH3 is 4. The van der Waals surface area contributed by atoms with Gasteiger partial charge in [0.05, 0.1) is 37.5 Å². The van der Waals surface area contributed by atoms with Crippen molar-refractivity contribution < 1.29 is 18.9 Å². The molecule has 4 heterocycles. The number of thiazole rings is 2. The fourth-order valence-electron chi connectivity index (χ4n) is 4.90. The van der Waals surface area contributed by atoms with Gasteiger partial charge in [-0.3, -0.25) is 9.59 Å². The first-order valence-corrected chi connectivity index (χ1v) is 15.4. The summed E-state index contributed by atoms with van der Waals surface area (Å²) in [6.07, 6.45) is 3.53. The molecule has 3 aromatic carbocycles. The Morgan fingerprint density at radius 3 is 1.41 bits per heavy atom. The van der Waals surface area contributed by atoms with Crippen molar-refractivity contribution in [3.63, 3.8) is 0 Å². The summed E-state index contributed by atoms with van der Waals surface area (Å²) in [7, 11) is 6.26. The first-order chi connectivity index (χ1) is 22.4. The molecule has 0 saturated heterocycles. The molecular weight excluding hydrogens is 629 g/mol. The molecule has 0 aliphatic carbocycles. The SMILES string of the molecule is COc1ccc(/C=c2/sc3nc(-c4cccc(-c5nc6s/c(=C/c7ccc(OC)c(OC)c7)c(=O)n6n5)c4)nn3c2=O)cc1OC. The highest BCUT2D eigenvalue weighted by Gasteiger charge is 2.16. The van der Waals surface area contributed by atoms with Crippen LogP contribution in [0.2, 0.25) is 0 Å².